The number of methoxy groups -OCH3 is 1. The molecule has 14 nitrogen and oxygen atoms in total. The standard InChI is InChI=1S/C18H21N7O7/c1-31-8-4-2-3-7(11(8)27)5-20-24-18-21-10-14(22-17(19)23-15(10)30)25(18)16-13(29)12(28)9(6-26)32-16/h2-5,9,12-13,16,26-29H,6H2,1H3,(H,21,24)(H3,19,22,23,30)/b20-5+. The number of nitrogens with zero attached hydrogens (tertiary/aromatic N) is 4. The number of phenols is 1. The summed E-state index contributed by atoms with van der Waals surface area (Å²) in [7, 11) is 1.41. The van der Waals surface area contributed by atoms with Crippen LogP contribution in [0.25, 0.3) is 11.2 Å². The summed E-state index contributed by atoms with van der Waals surface area (Å²) < 4.78 is 11.8. The Labute approximate surface area is 179 Å². The number of anilines is 2. The predicted molar refractivity (Wildman–Crippen MR) is 111 cm³/mol. The lowest BCUT2D eigenvalue weighted by Gasteiger charge is -2.18. The van der Waals surface area contributed by atoms with Gasteiger partial charge in [-0.1, -0.05) is 6.07 Å². The largest absolute Gasteiger partial charge is 0.504 e. The highest BCUT2D eigenvalue weighted by atomic mass is 16.6. The Kier molecular flexibility index (Phi) is 5.67. The van der Waals surface area contributed by atoms with Gasteiger partial charge in [0.15, 0.2) is 28.9 Å². The van der Waals surface area contributed by atoms with Crippen molar-refractivity contribution < 1.29 is 29.9 Å². The number of ether oxygens (including phenoxy) is 2. The van der Waals surface area contributed by atoms with E-state index in [4.69, 9.17) is 15.2 Å². The van der Waals surface area contributed by atoms with E-state index in [1.54, 1.807) is 18.2 Å². The van der Waals surface area contributed by atoms with Crippen LogP contribution in [-0.4, -0.2) is 78.2 Å². The molecule has 32 heavy (non-hydrogen) atoms. The zero-order chi connectivity index (χ0) is 23.0. The topological polar surface area (TPSA) is 213 Å². The van der Waals surface area contributed by atoms with Crippen molar-refractivity contribution in [2.24, 2.45) is 5.10 Å². The molecule has 1 fully saturated rings. The average Bonchev–Trinajstić information content (AvgIpc) is 3.26. The Morgan fingerprint density at radius 2 is 2.16 bits per heavy atom. The third-order valence-electron chi connectivity index (χ3n) is 4.96. The van der Waals surface area contributed by atoms with E-state index in [0.717, 1.165) is 0 Å². The monoisotopic (exact) mass is 447 g/mol. The van der Waals surface area contributed by atoms with E-state index in [2.05, 4.69) is 25.5 Å². The fourth-order valence-electron chi connectivity index (χ4n) is 3.38. The van der Waals surface area contributed by atoms with E-state index in [9.17, 15) is 25.2 Å². The number of H-pyrrole nitrogens is 1. The smallest absolute Gasteiger partial charge is 0.280 e. The third-order valence-corrected chi connectivity index (χ3v) is 4.96. The Bertz CT molecular complexity index is 1220. The molecule has 1 aliphatic rings. The SMILES string of the molecule is COc1cccc(/C=N/Nc2nc3c(=O)[nH]c(N)nc3n2C2OC(CO)C(O)C2O)c1O. The highest BCUT2D eigenvalue weighted by Crippen LogP contribution is 2.34. The van der Waals surface area contributed by atoms with Gasteiger partial charge in [-0.2, -0.15) is 10.1 Å². The van der Waals surface area contributed by atoms with Gasteiger partial charge >= 0.3 is 0 Å². The minimum atomic E-state index is -1.47. The molecule has 0 saturated carbocycles. The van der Waals surface area contributed by atoms with Crippen LogP contribution in [0.1, 0.15) is 11.8 Å². The van der Waals surface area contributed by atoms with Crippen molar-refractivity contribution in [3.63, 3.8) is 0 Å². The molecule has 0 radical (unpaired) electrons. The van der Waals surface area contributed by atoms with Crippen molar-refractivity contribution in [1.82, 2.24) is 19.5 Å². The van der Waals surface area contributed by atoms with Gasteiger partial charge < -0.3 is 35.6 Å². The van der Waals surface area contributed by atoms with Gasteiger partial charge in [0.25, 0.3) is 5.56 Å². The van der Waals surface area contributed by atoms with E-state index < -0.39 is 36.7 Å². The second kappa shape index (κ2) is 8.43. The summed E-state index contributed by atoms with van der Waals surface area (Å²) in [5.41, 5.74) is 7.77. The van der Waals surface area contributed by atoms with Gasteiger partial charge in [0.1, 0.15) is 18.3 Å². The van der Waals surface area contributed by atoms with Crippen molar-refractivity contribution in [2.45, 2.75) is 24.5 Å². The molecule has 4 rings (SSSR count). The van der Waals surface area contributed by atoms with Crippen molar-refractivity contribution in [3.8, 4) is 11.5 Å². The van der Waals surface area contributed by atoms with Crippen LogP contribution in [0, 0.1) is 0 Å². The number of aromatic hydroxyl groups is 1. The van der Waals surface area contributed by atoms with Crippen LogP contribution in [0.4, 0.5) is 11.9 Å². The van der Waals surface area contributed by atoms with E-state index in [-0.39, 0.29) is 34.6 Å². The number of benzene rings is 1. The minimum absolute atomic E-state index is 0.0389. The van der Waals surface area contributed by atoms with Gasteiger partial charge in [0.05, 0.1) is 19.9 Å². The maximum Gasteiger partial charge on any atom is 0.280 e. The number of hydrogen-bond donors (Lipinski definition) is 7. The molecule has 8 N–H and O–H groups in total. The molecule has 1 saturated heterocycles. The number of fused-ring (bicyclic) bond motifs is 1. The molecule has 0 spiro atoms. The third kappa shape index (κ3) is 3.60. The van der Waals surface area contributed by atoms with Gasteiger partial charge in [0.2, 0.25) is 11.9 Å². The van der Waals surface area contributed by atoms with Gasteiger partial charge in [-0.05, 0) is 12.1 Å². The van der Waals surface area contributed by atoms with E-state index in [1.807, 2.05) is 0 Å². The first kappa shape index (κ1) is 21.5. The number of rotatable bonds is 6. The molecule has 0 amide bonds. The first-order valence-corrected chi connectivity index (χ1v) is 9.41. The van der Waals surface area contributed by atoms with Crippen LogP contribution >= 0.6 is 0 Å². The highest BCUT2D eigenvalue weighted by Gasteiger charge is 2.45. The highest BCUT2D eigenvalue weighted by molar-refractivity contribution is 5.85. The summed E-state index contributed by atoms with van der Waals surface area (Å²) in [6, 6.07) is 4.81. The number of nitrogen functional groups attached to an aromatic ring is 1. The molecule has 4 atom stereocenters. The molecular formula is C18H21N7O7. The minimum Gasteiger partial charge on any atom is -0.504 e. The normalized spacial score (nSPS) is 23.2. The van der Waals surface area contributed by atoms with E-state index in [1.165, 1.54) is 17.9 Å². The fourth-order valence-corrected chi connectivity index (χ4v) is 3.38. The van der Waals surface area contributed by atoms with Crippen LogP contribution in [0.3, 0.4) is 0 Å². The Morgan fingerprint density at radius 3 is 2.84 bits per heavy atom. The number of imidazole rings is 1. The molecule has 3 aromatic rings. The number of aliphatic hydroxyl groups excluding tert-OH is 3. The molecule has 0 bridgehead atoms. The van der Waals surface area contributed by atoms with Gasteiger partial charge in [0, 0.05) is 5.56 Å². The average molecular weight is 447 g/mol. The van der Waals surface area contributed by atoms with Gasteiger partial charge in [-0.15, -0.1) is 0 Å². The second-order valence-corrected chi connectivity index (χ2v) is 6.93. The molecule has 14 heteroatoms. The summed E-state index contributed by atoms with van der Waals surface area (Å²) in [4.78, 5) is 22.8. The molecule has 4 unspecified atom stereocenters. The first-order valence-electron chi connectivity index (χ1n) is 9.41. The summed E-state index contributed by atoms with van der Waals surface area (Å²) in [5.74, 6) is -0.161. The van der Waals surface area contributed by atoms with E-state index >= 15 is 0 Å². The quantitative estimate of drug-likeness (QED) is 0.170. The van der Waals surface area contributed by atoms with Crippen molar-refractivity contribution in [3.05, 3.63) is 34.1 Å². The number of nitrogens with one attached hydrogen (secondary N) is 2. The number of para-hydroxylation sites is 1. The number of aliphatic hydroxyl groups is 3. The lowest BCUT2D eigenvalue weighted by molar-refractivity contribution is -0.0501. The second-order valence-electron chi connectivity index (χ2n) is 6.93. The number of hydrogen-bond acceptors (Lipinski definition) is 12. The van der Waals surface area contributed by atoms with Gasteiger partial charge in [-0.25, -0.2) is 10.4 Å². The van der Waals surface area contributed by atoms with Crippen molar-refractivity contribution in [1.29, 1.82) is 0 Å². The molecule has 3 heterocycles. The zero-order valence-corrected chi connectivity index (χ0v) is 16.7. The van der Waals surface area contributed by atoms with Crippen LogP contribution in [0.15, 0.2) is 28.1 Å². The first-order chi connectivity index (χ1) is 15.3. The Hall–Kier alpha value is -3.72. The molecule has 2 aromatic heterocycles. The maximum atomic E-state index is 12.3. The van der Waals surface area contributed by atoms with E-state index in [0.29, 0.717) is 5.56 Å². The lowest BCUT2D eigenvalue weighted by Crippen LogP contribution is -2.33. The number of aromatic amines is 1. The molecule has 1 aromatic carbocycles. The lowest BCUT2D eigenvalue weighted by atomic mass is 10.1. The zero-order valence-electron chi connectivity index (χ0n) is 16.7. The summed E-state index contributed by atoms with van der Waals surface area (Å²) >= 11 is 0. The maximum absolute atomic E-state index is 12.3. The number of aromatic nitrogens is 4. The summed E-state index contributed by atoms with van der Waals surface area (Å²) in [5, 5.41) is 44.2. The van der Waals surface area contributed by atoms with Crippen molar-refractivity contribution >= 4 is 29.3 Å². The number of hydrazone groups is 1. The molecule has 0 aliphatic carbocycles. The Balaban J connectivity index is 1.76. The molecule has 1 aliphatic heterocycles. The summed E-state index contributed by atoms with van der Waals surface area (Å²) in [6.07, 6.45) is -3.92. The Morgan fingerprint density at radius 1 is 1.38 bits per heavy atom. The van der Waals surface area contributed by atoms with Crippen LogP contribution in [0.5, 0.6) is 11.5 Å². The molecular weight excluding hydrogens is 426 g/mol. The fraction of sp³-hybridized carbons (Fsp3) is 0.333. The molecule has 170 valence electrons. The van der Waals surface area contributed by atoms with Crippen molar-refractivity contribution in [2.75, 3.05) is 24.9 Å². The predicted octanol–water partition coefficient (Wildman–Crippen LogP) is -1.53. The summed E-state index contributed by atoms with van der Waals surface area (Å²) in [6.45, 7) is -0.548. The van der Waals surface area contributed by atoms with Crippen LogP contribution < -0.4 is 21.5 Å². The van der Waals surface area contributed by atoms with Crippen LogP contribution in [0.2, 0.25) is 0 Å². The number of phenolic OH excluding ortho intramolecular Hbond substituents is 1. The number of nitrogens with two attached hydrogens (primary N) is 1. The van der Waals surface area contributed by atoms with Crippen LogP contribution in [-0.2, 0) is 4.74 Å². The van der Waals surface area contributed by atoms with Gasteiger partial charge in [-0.3, -0.25) is 14.3 Å².